The van der Waals surface area contributed by atoms with Crippen LogP contribution in [0.25, 0.3) is 0 Å². The van der Waals surface area contributed by atoms with E-state index in [0.29, 0.717) is 0 Å². The number of Topliss-reactive ketones (excluding diaryl/α,β-unsaturated/α-hetero) is 1. The van der Waals surface area contributed by atoms with Crippen LogP contribution in [-0.2, 0) is 10.5 Å². The molecule has 0 aliphatic rings. The Labute approximate surface area is 204 Å². The molecular formula is C27H46BNO2S. The molecule has 5 heteroatoms. The highest BCUT2D eigenvalue weighted by atomic mass is 32.2. The summed E-state index contributed by atoms with van der Waals surface area (Å²) in [5, 5.41) is 1.90. The number of ether oxygens (including phenoxy) is 1. The van der Waals surface area contributed by atoms with E-state index in [1.807, 2.05) is 43.5 Å². The highest BCUT2D eigenvalue weighted by Gasteiger charge is 2.02. The first kappa shape index (κ1) is 35.0. The molecule has 3 nitrogen and oxygen atoms in total. The van der Waals surface area contributed by atoms with Crippen molar-refractivity contribution >= 4 is 25.4 Å². The van der Waals surface area contributed by atoms with Crippen LogP contribution < -0.4 is 10.5 Å². The number of hydrogen-bond acceptors (Lipinski definition) is 4. The van der Waals surface area contributed by atoms with Gasteiger partial charge < -0.3 is 10.5 Å². The maximum absolute atomic E-state index is 11.0. The number of hydrogen-bond donors (Lipinski definition) is 1. The second kappa shape index (κ2) is 27.4. The van der Waals surface area contributed by atoms with Gasteiger partial charge in [0.2, 0.25) is 0 Å². The predicted octanol–water partition coefficient (Wildman–Crippen LogP) is 7.21. The maximum atomic E-state index is 11.0. The van der Waals surface area contributed by atoms with Gasteiger partial charge in [-0.25, -0.2) is 0 Å². The normalized spacial score (nSPS) is 10.7. The molecule has 0 bridgehead atoms. The fourth-order valence-electron chi connectivity index (χ4n) is 2.33. The van der Waals surface area contributed by atoms with Crippen molar-refractivity contribution in [1.82, 2.24) is 0 Å². The summed E-state index contributed by atoms with van der Waals surface area (Å²) in [5.74, 6) is 5.04. The van der Waals surface area contributed by atoms with Gasteiger partial charge in [-0.3, -0.25) is 4.79 Å². The molecule has 0 saturated heterocycles. The minimum Gasteiger partial charge on any atom is -0.496 e. The number of para-hydroxylation sites is 1. The lowest BCUT2D eigenvalue weighted by Crippen LogP contribution is -2.12. The molecule has 0 aliphatic carbocycles. The SMILES string of the molecule is C#CCC.CCCCCC(CC)CN.COc1ccccc1CS/C=C(\C)C(C)=O.[B]C. The number of unbranched alkanes of at least 4 members (excludes halogenated alkanes) is 2. The van der Waals surface area contributed by atoms with Gasteiger partial charge in [0.15, 0.2) is 5.78 Å². The Morgan fingerprint density at radius 2 is 1.81 bits per heavy atom. The van der Waals surface area contributed by atoms with Gasteiger partial charge in [-0.05, 0) is 49.8 Å². The molecule has 1 aromatic carbocycles. The van der Waals surface area contributed by atoms with E-state index in [4.69, 9.17) is 16.9 Å². The van der Waals surface area contributed by atoms with E-state index >= 15 is 0 Å². The molecule has 0 aliphatic heterocycles. The summed E-state index contributed by atoms with van der Waals surface area (Å²) in [6.07, 6.45) is 12.3. The third kappa shape index (κ3) is 21.6. The van der Waals surface area contributed by atoms with Crippen LogP contribution in [-0.4, -0.2) is 27.3 Å². The molecule has 0 amide bonds. The first-order valence-corrected chi connectivity index (χ1v) is 12.6. The van der Waals surface area contributed by atoms with Crippen molar-refractivity contribution in [1.29, 1.82) is 0 Å². The van der Waals surface area contributed by atoms with Crippen LogP contribution in [0.4, 0.5) is 0 Å². The van der Waals surface area contributed by atoms with E-state index in [2.05, 4.69) is 27.6 Å². The second-order valence-electron chi connectivity index (χ2n) is 7.04. The number of rotatable bonds is 11. The summed E-state index contributed by atoms with van der Waals surface area (Å²) >= 11 is 1.61. The number of carbonyl (C=O) groups is 1. The van der Waals surface area contributed by atoms with Gasteiger partial charge in [0.1, 0.15) is 5.75 Å². The monoisotopic (exact) mass is 459 g/mol. The van der Waals surface area contributed by atoms with Crippen LogP contribution in [0, 0.1) is 18.3 Å². The average molecular weight is 460 g/mol. The van der Waals surface area contributed by atoms with Gasteiger partial charge >= 0.3 is 0 Å². The quantitative estimate of drug-likeness (QED) is 0.164. The molecule has 1 aromatic rings. The number of nitrogens with two attached hydrogens (primary N) is 1. The number of ketones is 1. The van der Waals surface area contributed by atoms with Crippen molar-refractivity contribution in [2.24, 2.45) is 11.7 Å². The third-order valence-corrected chi connectivity index (χ3v) is 5.58. The highest BCUT2D eigenvalue weighted by molar-refractivity contribution is 8.01. The number of benzene rings is 1. The maximum Gasteiger partial charge on any atom is 0.156 e. The van der Waals surface area contributed by atoms with Gasteiger partial charge in [0.25, 0.3) is 0 Å². The fraction of sp³-hybridized carbons (Fsp3) is 0.593. The molecule has 180 valence electrons. The van der Waals surface area contributed by atoms with E-state index < -0.39 is 0 Å². The van der Waals surface area contributed by atoms with E-state index in [-0.39, 0.29) is 5.78 Å². The first-order valence-electron chi connectivity index (χ1n) is 11.5. The molecule has 2 radical (unpaired) electrons. The standard InChI is InChI=1S/C13H16O2S.C9H21N.C4H6.CH3B/c1-10(11(2)14)8-16-9-12-6-4-5-7-13(12)15-3;1-3-5-6-7-9(4-2)8-10;1-3-4-2;1-2/h4-8H,9H2,1-3H3;9H,3-8,10H2,1-2H3;1H,4H2,2H3;1H3/b10-8+;;;. The minimum absolute atomic E-state index is 0.118. The summed E-state index contributed by atoms with van der Waals surface area (Å²) in [5.41, 5.74) is 7.50. The Bertz CT molecular complexity index is 622. The van der Waals surface area contributed by atoms with Crippen LogP contribution in [0.3, 0.4) is 0 Å². The third-order valence-electron chi connectivity index (χ3n) is 4.58. The van der Waals surface area contributed by atoms with Crippen molar-refractivity contribution in [3.05, 3.63) is 40.8 Å². The zero-order valence-corrected chi connectivity index (χ0v) is 22.4. The molecule has 0 spiro atoms. The predicted molar refractivity (Wildman–Crippen MR) is 146 cm³/mol. The number of thioether (sulfide) groups is 1. The summed E-state index contributed by atoms with van der Waals surface area (Å²) in [6.45, 7) is 12.2. The lowest BCUT2D eigenvalue weighted by molar-refractivity contribution is -0.113. The highest BCUT2D eigenvalue weighted by Crippen LogP contribution is 2.23. The minimum atomic E-state index is 0.118. The Hall–Kier alpha value is -1.64. The number of allylic oxidation sites excluding steroid dienone is 1. The Morgan fingerprint density at radius 1 is 1.22 bits per heavy atom. The Balaban J connectivity index is -0.000000449. The largest absolute Gasteiger partial charge is 0.496 e. The van der Waals surface area contributed by atoms with Gasteiger partial charge in [-0.2, -0.15) is 0 Å². The van der Waals surface area contributed by atoms with Gasteiger partial charge in [0, 0.05) is 17.7 Å². The number of carbonyl (C=O) groups excluding carboxylic acids is 1. The molecule has 2 N–H and O–H groups in total. The van der Waals surface area contributed by atoms with Crippen molar-refractivity contribution in [3.8, 4) is 18.1 Å². The van der Waals surface area contributed by atoms with Gasteiger partial charge in [-0.1, -0.05) is 71.5 Å². The number of terminal acetylenes is 1. The van der Waals surface area contributed by atoms with Crippen molar-refractivity contribution < 1.29 is 9.53 Å². The summed E-state index contributed by atoms with van der Waals surface area (Å²) in [6, 6.07) is 7.91. The molecule has 1 rings (SSSR count). The van der Waals surface area contributed by atoms with Crippen LogP contribution in [0.2, 0.25) is 6.82 Å². The Morgan fingerprint density at radius 3 is 2.25 bits per heavy atom. The zero-order valence-electron chi connectivity index (χ0n) is 21.6. The fourth-order valence-corrected chi connectivity index (χ4v) is 3.25. The molecule has 1 unspecified atom stereocenters. The van der Waals surface area contributed by atoms with Crippen LogP contribution in [0.15, 0.2) is 35.2 Å². The average Bonchev–Trinajstić information content (AvgIpc) is 2.84. The topological polar surface area (TPSA) is 52.3 Å². The molecule has 0 saturated carbocycles. The Kier molecular flexibility index (Phi) is 29.9. The van der Waals surface area contributed by atoms with Gasteiger partial charge in [-0.15, -0.1) is 24.1 Å². The smallest absolute Gasteiger partial charge is 0.156 e. The van der Waals surface area contributed by atoms with E-state index in [1.165, 1.54) is 38.9 Å². The van der Waals surface area contributed by atoms with E-state index in [0.717, 1.165) is 41.5 Å². The summed E-state index contributed by atoms with van der Waals surface area (Å²) < 4.78 is 5.25. The molecule has 1 atom stereocenters. The van der Waals surface area contributed by atoms with Crippen LogP contribution >= 0.6 is 11.8 Å². The lowest BCUT2D eigenvalue weighted by atomic mass is 9.99. The van der Waals surface area contributed by atoms with Gasteiger partial charge in [0.05, 0.1) is 15.0 Å². The van der Waals surface area contributed by atoms with E-state index in [1.54, 1.807) is 25.8 Å². The zero-order chi connectivity index (χ0) is 25.2. The first-order chi connectivity index (χ1) is 15.4. The van der Waals surface area contributed by atoms with Crippen LogP contribution in [0.5, 0.6) is 5.75 Å². The van der Waals surface area contributed by atoms with Crippen molar-refractivity contribution in [2.75, 3.05) is 13.7 Å². The molecule has 0 heterocycles. The molecule has 0 aromatic heterocycles. The molecular weight excluding hydrogens is 413 g/mol. The summed E-state index contributed by atoms with van der Waals surface area (Å²) in [7, 11) is 6.17. The van der Waals surface area contributed by atoms with Crippen LogP contribution in [0.1, 0.15) is 78.7 Å². The van der Waals surface area contributed by atoms with Crippen molar-refractivity contribution in [3.63, 3.8) is 0 Å². The summed E-state index contributed by atoms with van der Waals surface area (Å²) in [4.78, 5) is 11.0. The molecule has 32 heavy (non-hydrogen) atoms. The number of methoxy groups -OCH3 is 1. The lowest BCUT2D eigenvalue weighted by Gasteiger charge is -2.10. The van der Waals surface area contributed by atoms with Crippen molar-refractivity contribution in [2.45, 2.75) is 85.7 Å². The van der Waals surface area contributed by atoms with E-state index in [9.17, 15) is 4.79 Å². The molecule has 0 fully saturated rings. The second-order valence-corrected chi connectivity index (χ2v) is 7.90.